The largest absolute Gasteiger partial charge is 0.479 e. The van der Waals surface area contributed by atoms with Gasteiger partial charge >= 0.3 is 5.97 Å². The molecule has 6 heteroatoms. The summed E-state index contributed by atoms with van der Waals surface area (Å²) in [5.41, 5.74) is 0.990. The molecule has 22 heavy (non-hydrogen) atoms. The van der Waals surface area contributed by atoms with Crippen LogP contribution >= 0.6 is 11.6 Å². The molecule has 1 N–H and O–H groups in total. The third-order valence-corrected chi connectivity index (χ3v) is 3.93. The van der Waals surface area contributed by atoms with E-state index in [0.717, 1.165) is 5.56 Å². The van der Waals surface area contributed by atoms with E-state index in [4.69, 9.17) is 21.4 Å². The molecule has 1 saturated heterocycles. The number of benzene rings is 1. The fourth-order valence-corrected chi connectivity index (χ4v) is 2.90. The minimum absolute atomic E-state index is 0.0543. The molecule has 1 aromatic carbocycles. The maximum atomic E-state index is 12.5. The number of nitrogens with zero attached hydrogens (tertiary/aromatic N) is 1. The number of halogens is 1. The number of hydrogen-bond acceptors (Lipinski definition) is 3. The quantitative estimate of drug-likeness (QED) is 0.921. The molecule has 0 bridgehead atoms. The first-order chi connectivity index (χ1) is 10.4. The number of carboxylic acid groups (broad SMARTS) is 1. The maximum absolute atomic E-state index is 12.5. The smallest absolute Gasteiger partial charge is 0.334 e. The number of amides is 1. The van der Waals surface area contributed by atoms with Crippen molar-refractivity contribution in [3.63, 3.8) is 0 Å². The summed E-state index contributed by atoms with van der Waals surface area (Å²) in [7, 11) is 0. The van der Waals surface area contributed by atoms with E-state index in [1.165, 1.54) is 0 Å². The molecule has 2 unspecified atom stereocenters. The molecule has 120 valence electrons. The van der Waals surface area contributed by atoms with Crippen LogP contribution in [0.1, 0.15) is 19.4 Å². The van der Waals surface area contributed by atoms with E-state index in [1.54, 1.807) is 17.9 Å². The molecule has 2 rings (SSSR count). The summed E-state index contributed by atoms with van der Waals surface area (Å²) >= 11 is 5.95. The second-order valence-electron chi connectivity index (χ2n) is 5.75. The molecule has 1 fully saturated rings. The van der Waals surface area contributed by atoms with Gasteiger partial charge in [0.05, 0.1) is 12.6 Å². The zero-order chi connectivity index (χ0) is 16.3. The predicted octanol–water partition coefficient (Wildman–Crippen LogP) is 2.22. The van der Waals surface area contributed by atoms with Gasteiger partial charge in [0.15, 0.2) is 6.10 Å². The molecule has 1 heterocycles. The summed E-state index contributed by atoms with van der Waals surface area (Å²) in [6.45, 7) is 4.14. The second-order valence-corrected chi connectivity index (χ2v) is 6.19. The number of carbonyl (C=O) groups is 2. The second kappa shape index (κ2) is 7.11. The predicted molar refractivity (Wildman–Crippen MR) is 82.9 cm³/mol. The van der Waals surface area contributed by atoms with Crippen LogP contribution in [0.3, 0.4) is 0 Å². The van der Waals surface area contributed by atoms with Crippen molar-refractivity contribution in [3.05, 3.63) is 34.9 Å². The highest BCUT2D eigenvalue weighted by Crippen LogP contribution is 2.19. The molecular weight excluding hydrogens is 306 g/mol. The molecule has 0 spiro atoms. The molecule has 3 atom stereocenters. The summed E-state index contributed by atoms with van der Waals surface area (Å²) in [6, 6.07) is 7.41. The molecule has 0 aromatic heterocycles. The lowest BCUT2D eigenvalue weighted by Gasteiger charge is -2.36. The van der Waals surface area contributed by atoms with Gasteiger partial charge in [0.2, 0.25) is 5.91 Å². The van der Waals surface area contributed by atoms with Gasteiger partial charge in [0.1, 0.15) is 0 Å². The van der Waals surface area contributed by atoms with E-state index in [9.17, 15) is 9.59 Å². The Morgan fingerprint density at radius 3 is 2.82 bits per heavy atom. The summed E-state index contributed by atoms with van der Waals surface area (Å²) in [6.07, 6.45) is -0.661. The van der Waals surface area contributed by atoms with E-state index in [-0.39, 0.29) is 24.5 Å². The van der Waals surface area contributed by atoms with Crippen molar-refractivity contribution in [2.24, 2.45) is 5.92 Å². The number of hydrogen-bond donors (Lipinski definition) is 1. The molecule has 1 aromatic rings. The normalized spacial score (nSPS) is 23.1. The Balaban J connectivity index is 2.01. The summed E-state index contributed by atoms with van der Waals surface area (Å²) in [5, 5.41) is 9.72. The molecule has 1 aliphatic heterocycles. The van der Waals surface area contributed by atoms with E-state index >= 15 is 0 Å². The lowest BCUT2D eigenvalue weighted by Crippen LogP contribution is -2.53. The summed E-state index contributed by atoms with van der Waals surface area (Å²) in [5.74, 6) is -1.33. The fraction of sp³-hybridized carbons (Fsp3) is 0.500. The van der Waals surface area contributed by atoms with Crippen molar-refractivity contribution in [1.82, 2.24) is 4.90 Å². The van der Waals surface area contributed by atoms with Crippen LogP contribution in [0.15, 0.2) is 24.3 Å². The van der Waals surface area contributed by atoms with Crippen LogP contribution in [0.2, 0.25) is 5.02 Å². The number of aliphatic carboxylic acids is 1. The lowest BCUT2D eigenvalue weighted by molar-refractivity contribution is -0.167. The van der Waals surface area contributed by atoms with Gasteiger partial charge < -0.3 is 14.7 Å². The highest BCUT2D eigenvalue weighted by atomic mass is 35.5. The van der Waals surface area contributed by atoms with Crippen LogP contribution in [0.5, 0.6) is 0 Å². The van der Waals surface area contributed by atoms with Crippen molar-refractivity contribution in [1.29, 1.82) is 0 Å². The molecule has 0 radical (unpaired) electrons. The Morgan fingerprint density at radius 1 is 1.45 bits per heavy atom. The third kappa shape index (κ3) is 4.21. The van der Waals surface area contributed by atoms with Crippen molar-refractivity contribution in [3.8, 4) is 0 Å². The SMILES string of the molecule is CC(Cc1cccc(Cl)c1)C(=O)N1CC(C(=O)O)O[C@H](C)C1. The first kappa shape index (κ1) is 16.8. The average molecular weight is 326 g/mol. The third-order valence-electron chi connectivity index (χ3n) is 3.70. The number of ether oxygens (including phenoxy) is 1. The lowest BCUT2D eigenvalue weighted by atomic mass is 9.99. The van der Waals surface area contributed by atoms with Crippen molar-refractivity contribution in [2.45, 2.75) is 32.5 Å². The number of carbonyl (C=O) groups excluding carboxylic acids is 1. The molecule has 5 nitrogen and oxygen atoms in total. The van der Waals surface area contributed by atoms with Gasteiger partial charge in [-0.25, -0.2) is 4.79 Å². The molecular formula is C16H20ClNO4. The van der Waals surface area contributed by atoms with Gasteiger partial charge in [0.25, 0.3) is 0 Å². The van der Waals surface area contributed by atoms with Crippen molar-refractivity contribution in [2.75, 3.05) is 13.1 Å². The minimum Gasteiger partial charge on any atom is -0.479 e. The Hall–Kier alpha value is -1.59. The van der Waals surface area contributed by atoms with Crippen LogP contribution in [-0.4, -0.2) is 47.2 Å². The van der Waals surface area contributed by atoms with Crippen molar-refractivity contribution >= 4 is 23.5 Å². The molecule has 1 amide bonds. The Kier molecular flexibility index (Phi) is 5.42. The Labute approximate surface area is 134 Å². The maximum Gasteiger partial charge on any atom is 0.334 e. The van der Waals surface area contributed by atoms with E-state index in [2.05, 4.69) is 0 Å². The Morgan fingerprint density at radius 2 is 2.18 bits per heavy atom. The van der Waals surface area contributed by atoms with Gasteiger partial charge in [-0.3, -0.25) is 4.79 Å². The van der Waals surface area contributed by atoms with Crippen LogP contribution < -0.4 is 0 Å². The average Bonchev–Trinajstić information content (AvgIpc) is 2.45. The van der Waals surface area contributed by atoms with E-state index in [0.29, 0.717) is 18.0 Å². The van der Waals surface area contributed by atoms with Gasteiger partial charge in [-0.1, -0.05) is 30.7 Å². The number of rotatable bonds is 4. The molecule has 0 saturated carbocycles. The monoisotopic (exact) mass is 325 g/mol. The van der Waals surface area contributed by atoms with Crippen LogP contribution in [0.25, 0.3) is 0 Å². The van der Waals surface area contributed by atoms with Gasteiger partial charge in [-0.2, -0.15) is 0 Å². The first-order valence-corrected chi connectivity index (χ1v) is 7.66. The summed E-state index contributed by atoms with van der Waals surface area (Å²) < 4.78 is 5.33. The fourth-order valence-electron chi connectivity index (χ4n) is 2.68. The highest BCUT2D eigenvalue weighted by Gasteiger charge is 2.34. The standard InChI is InChI=1S/C16H20ClNO4/c1-10(6-12-4-3-5-13(17)7-12)15(19)18-8-11(2)22-14(9-18)16(20)21/h3-5,7,10-11,14H,6,8-9H2,1-2H3,(H,20,21)/t10?,11-,14?/m1/s1. The zero-order valence-electron chi connectivity index (χ0n) is 12.7. The minimum atomic E-state index is -1.04. The number of morpholine rings is 1. The zero-order valence-corrected chi connectivity index (χ0v) is 13.4. The van der Waals surface area contributed by atoms with E-state index in [1.807, 2.05) is 25.1 Å². The molecule has 1 aliphatic rings. The van der Waals surface area contributed by atoms with Crippen LogP contribution in [0, 0.1) is 5.92 Å². The van der Waals surface area contributed by atoms with Gasteiger partial charge in [-0.05, 0) is 31.0 Å². The number of carboxylic acids is 1. The van der Waals surface area contributed by atoms with Gasteiger partial charge in [0, 0.05) is 17.5 Å². The van der Waals surface area contributed by atoms with Crippen LogP contribution in [-0.2, 0) is 20.7 Å². The van der Waals surface area contributed by atoms with E-state index < -0.39 is 12.1 Å². The highest BCUT2D eigenvalue weighted by molar-refractivity contribution is 6.30. The Bertz CT molecular complexity index is 563. The van der Waals surface area contributed by atoms with Crippen LogP contribution in [0.4, 0.5) is 0 Å². The van der Waals surface area contributed by atoms with Crippen molar-refractivity contribution < 1.29 is 19.4 Å². The first-order valence-electron chi connectivity index (χ1n) is 7.28. The molecule has 0 aliphatic carbocycles. The topological polar surface area (TPSA) is 66.8 Å². The van der Waals surface area contributed by atoms with Gasteiger partial charge in [-0.15, -0.1) is 0 Å². The summed E-state index contributed by atoms with van der Waals surface area (Å²) in [4.78, 5) is 25.2.